The standard InChI is InChI=1S/C12H19N3O3/c1-12(2,3)18-11(16)15(4)10-9(17-5)6-8(13)7-14-10/h6-7H,13H2,1-5H3. The first-order valence-corrected chi connectivity index (χ1v) is 5.51. The van der Waals surface area contributed by atoms with E-state index in [1.165, 1.54) is 18.2 Å². The molecule has 0 spiro atoms. The molecule has 2 N–H and O–H groups in total. The summed E-state index contributed by atoms with van der Waals surface area (Å²) in [5.41, 5.74) is 5.51. The van der Waals surface area contributed by atoms with Crippen LogP contribution in [-0.2, 0) is 4.74 Å². The molecule has 1 heterocycles. The van der Waals surface area contributed by atoms with Crippen LogP contribution >= 0.6 is 0 Å². The van der Waals surface area contributed by atoms with E-state index in [2.05, 4.69) is 4.98 Å². The van der Waals surface area contributed by atoms with Gasteiger partial charge in [0, 0.05) is 13.1 Å². The number of nitrogens with two attached hydrogens (primary N) is 1. The van der Waals surface area contributed by atoms with Crippen molar-refractivity contribution < 1.29 is 14.3 Å². The topological polar surface area (TPSA) is 77.7 Å². The fourth-order valence-electron chi connectivity index (χ4n) is 1.27. The Kier molecular flexibility index (Phi) is 4.00. The van der Waals surface area contributed by atoms with Crippen LogP contribution in [0.25, 0.3) is 0 Å². The molecule has 0 radical (unpaired) electrons. The van der Waals surface area contributed by atoms with E-state index in [4.69, 9.17) is 15.2 Å². The molecular weight excluding hydrogens is 234 g/mol. The van der Waals surface area contributed by atoms with Crippen LogP contribution in [0.5, 0.6) is 5.75 Å². The first kappa shape index (κ1) is 14.1. The SMILES string of the molecule is COc1cc(N)cnc1N(C)C(=O)OC(C)(C)C. The molecule has 0 aliphatic rings. The number of rotatable bonds is 2. The fourth-order valence-corrected chi connectivity index (χ4v) is 1.27. The summed E-state index contributed by atoms with van der Waals surface area (Å²) in [6.45, 7) is 5.39. The number of methoxy groups -OCH3 is 1. The molecule has 0 saturated carbocycles. The Balaban J connectivity index is 2.96. The van der Waals surface area contributed by atoms with Gasteiger partial charge in [0.05, 0.1) is 19.0 Å². The van der Waals surface area contributed by atoms with Crippen LogP contribution in [0.3, 0.4) is 0 Å². The van der Waals surface area contributed by atoms with Crippen molar-refractivity contribution in [2.24, 2.45) is 0 Å². The number of nitrogens with zero attached hydrogens (tertiary/aromatic N) is 2. The quantitative estimate of drug-likeness (QED) is 0.872. The van der Waals surface area contributed by atoms with Gasteiger partial charge in [0.15, 0.2) is 11.6 Å². The summed E-state index contributed by atoms with van der Waals surface area (Å²) in [6, 6.07) is 1.60. The van der Waals surface area contributed by atoms with Crippen molar-refractivity contribution in [1.29, 1.82) is 0 Å². The zero-order valence-corrected chi connectivity index (χ0v) is 11.4. The summed E-state index contributed by atoms with van der Waals surface area (Å²) >= 11 is 0. The molecule has 1 aromatic rings. The van der Waals surface area contributed by atoms with E-state index in [1.807, 2.05) is 0 Å². The normalized spacial score (nSPS) is 10.9. The van der Waals surface area contributed by atoms with Crippen molar-refractivity contribution in [3.05, 3.63) is 12.3 Å². The minimum Gasteiger partial charge on any atom is -0.493 e. The fraction of sp³-hybridized carbons (Fsp3) is 0.500. The molecule has 0 fully saturated rings. The lowest BCUT2D eigenvalue weighted by Crippen LogP contribution is -2.34. The molecule has 0 aliphatic carbocycles. The maximum atomic E-state index is 11.9. The van der Waals surface area contributed by atoms with Crippen LogP contribution in [-0.4, -0.2) is 30.8 Å². The van der Waals surface area contributed by atoms with Gasteiger partial charge in [0.25, 0.3) is 0 Å². The number of pyridine rings is 1. The molecule has 0 aliphatic heterocycles. The number of carbonyl (C=O) groups is 1. The Labute approximate surface area is 107 Å². The second kappa shape index (κ2) is 5.12. The lowest BCUT2D eigenvalue weighted by molar-refractivity contribution is 0.0587. The monoisotopic (exact) mass is 253 g/mol. The summed E-state index contributed by atoms with van der Waals surface area (Å²) in [7, 11) is 3.05. The minimum atomic E-state index is -0.563. The Hall–Kier alpha value is -1.98. The smallest absolute Gasteiger partial charge is 0.415 e. The minimum absolute atomic E-state index is 0.362. The highest BCUT2D eigenvalue weighted by atomic mass is 16.6. The molecule has 6 heteroatoms. The number of hydrogen-bond donors (Lipinski definition) is 1. The highest BCUT2D eigenvalue weighted by Gasteiger charge is 2.23. The summed E-state index contributed by atoms with van der Waals surface area (Å²) in [4.78, 5) is 17.2. The van der Waals surface area contributed by atoms with Crippen LogP contribution < -0.4 is 15.4 Å². The number of ether oxygens (including phenoxy) is 2. The predicted molar refractivity (Wildman–Crippen MR) is 69.8 cm³/mol. The molecule has 0 bridgehead atoms. The van der Waals surface area contributed by atoms with Gasteiger partial charge in [-0.1, -0.05) is 0 Å². The van der Waals surface area contributed by atoms with Gasteiger partial charge in [-0.3, -0.25) is 4.90 Å². The number of nitrogen functional groups attached to an aromatic ring is 1. The highest BCUT2D eigenvalue weighted by molar-refractivity contribution is 5.88. The van der Waals surface area contributed by atoms with Crippen molar-refractivity contribution in [1.82, 2.24) is 4.98 Å². The van der Waals surface area contributed by atoms with E-state index >= 15 is 0 Å². The van der Waals surface area contributed by atoms with Gasteiger partial charge in [-0.15, -0.1) is 0 Å². The Morgan fingerprint density at radius 3 is 2.56 bits per heavy atom. The van der Waals surface area contributed by atoms with Gasteiger partial charge in [-0.25, -0.2) is 9.78 Å². The Bertz CT molecular complexity index is 441. The molecule has 100 valence electrons. The van der Waals surface area contributed by atoms with Crippen molar-refractivity contribution >= 4 is 17.6 Å². The largest absolute Gasteiger partial charge is 0.493 e. The Morgan fingerprint density at radius 2 is 2.06 bits per heavy atom. The summed E-state index contributed by atoms with van der Waals surface area (Å²) in [6.07, 6.45) is 0.955. The van der Waals surface area contributed by atoms with Crippen LogP contribution in [0, 0.1) is 0 Å². The van der Waals surface area contributed by atoms with Gasteiger partial charge < -0.3 is 15.2 Å². The zero-order chi connectivity index (χ0) is 13.9. The summed E-state index contributed by atoms with van der Waals surface area (Å²) < 4.78 is 10.4. The first-order valence-electron chi connectivity index (χ1n) is 5.51. The number of anilines is 2. The third-order valence-corrected chi connectivity index (χ3v) is 2.06. The lowest BCUT2D eigenvalue weighted by atomic mass is 10.2. The van der Waals surface area contributed by atoms with E-state index in [1.54, 1.807) is 33.9 Å². The molecule has 1 aromatic heterocycles. The van der Waals surface area contributed by atoms with Crippen molar-refractivity contribution in [2.45, 2.75) is 26.4 Å². The molecular formula is C12H19N3O3. The summed E-state index contributed by atoms with van der Waals surface area (Å²) in [5.74, 6) is 0.782. The molecule has 18 heavy (non-hydrogen) atoms. The lowest BCUT2D eigenvalue weighted by Gasteiger charge is -2.24. The van der Waals surface area contributed by atoms with Crippen LogP contribution in [0.1, 0.15) is 20.8 Å². The van der Waals surface area contributed by atoms with E-state index < -0.39 is 11.7 Å². The van der Waals surface area contributed by atoms with E-state index in [0.29, 0.717) is 17.3 Å². The average molecular weight is 253 g/mol. The number of carbonyl (C=O) groups excluding carboxylic acids is 1. The van der Waals surface area contributed by atoms with Crippen LogP contribution in [0.4, 0.5) is 16.3 Å². The van der Waals surface area contributed by atoms with Gasteiger partial charge in [-0.05, 0) is 20.8 Å². The van der Waals surface area contributed by atoms with E-state index in [0.717, 1.165) is 0 Å². The zero-order valence-electron chi connectivity index (χ0n) is 11.4. The number of hydrogen-bond acceptors (Lipinski definition) is 5. The highest BCUT2D eigenvalue weighted by Crippen LogP contribution is 2.27. The van der Waals surface area contributed by atoms with Crippen LogP contribution in [0.15, 0.2) is 12.3 Å². The average Bonchev–Trinajstić information content (AvgIpc) is 2.25. The molecule has 1 amide bonds. The van der Waals surface area contributed by atoms with E-state index in [-0.39, 0.29) is 0 Å². The third kappa shape index (κ3) is 3.51. The van der Waals surface area contributed by atoms with Crippen molar-refractivity contribution in [3.63, 3.8) is 0 Å². The molecule has 0 atom stereocenters. The van der Waals surface area contributed by atoms with Crippen LogP contribution in [0.2, 0.25) is 0 Å². The van der Waals surface area contributed by atoms with Crippen molar-refractivity contribution in [2.75, 3.05) is 24.8 Å². The van der Waals surface area contributed by atoms with E-state index in [9.17, 15) is 4.79 Å². The number of aromatic nitrogens is 1. The van der Waals surface area contributed by atoms with Gasteiger partial charge in [0.2, 0.25) is 0 Å². The maximum absolute atomic E-state index is 11.9. The second-order valence-corrected chi connectivity index (χ2v) is 4.83. The second-order valence-electron chi connectivity index (χ2n) is 4.83. The summed E-state index contributed by atoms with van der Waals surface area (Å²) in [5, 5.41) is 0. The third-order valence-electron chi connectivity index (χ3n) is 2.06. The first-order chi connectivity index (χ1) is 8.24. The van der Waals surface area contributed by atoms with Gasteiger partial charge in [0.1, 0.15) is 5.60 Å². The molecule has 0 saturated heterocycles. The molecule has 6 nitrogen and oxygen atoms in total. The maximum Gasteiger partial charge on any atom is 0.415 e. The molecule has 1 rings (SSSR count). The molecule has 0 unspecified atom stereocenters. The van der Waals surface area contributed by atoms with Gasteiger partial charge in [-0.2, -0.15) is 0 Å². The van der Waals surface area contributed by atoms with Gasteiger partial charge >= 0.3 is 6.09 Å². The molecule has 0 aromatic carbocycles. The predicted octanol–water partition coefficient (Wildman–Crippen LogP) is 2.04. The Morgan fingerprint density at radius 1 is 1.44 bits per heavy atom. The van der Waals surface area contributed by atoms with Crippen molar-refractivity contribution in [3.8, 4) is 5.75 Å². The number of amides is 1.